The van der Waals surface area contributed by atoms with Crippen LogP contribution in [0.25, 0.3) is 0 Å². The lowest BCUT2D eigenvalue weighted by atomic mass is 10.1. The third kappa shape index (κ3) is 2.90. The Morgan fingerprint density at radius 3 is 2.44 bits per heavy atom. The SMILES string of the molecule is Cc1cc(N)ccc1NC(=O)c1ccc(Br)cc1. The summed E-state index contributed by atoms with van der Waals surface area (Å²) in [4.78, 5) is 12.0. The standard InChI is InChI=1S/C14H13BrN2O/c1-9-8-12(16)6-7-13(9)17-14(18)10-2-4-11(15)5-3-10/h2-8H,16H2,1H3,(H,17,18). The number of nitrogens with one attached hydrogen (secondary N) is 1. The van der Waals surface area contributed by atoms with E-state index >= 15 is 0 Å². The molecule has 0 saturated carbocycles. The van der Waals surface area contributed by atoms with E-state index in [1.54, 1.807) is 24.3 Å². The van der Waals surface area contributed by atoms with Crippen molar-refractivity contribution in [3.05, 3.63) is 58.1 Å². The summed E-state index contributed by atoms with van der Waals surface area (Å²) in [6.45, 7) is 1.91. The number of benzene rings is 2. The number of halogens is 1. The van der Waals surface area contributed by atoms with Gasteiger partial charge in [-0.2, -0.15) is 0 Å². The van der Waals surface area contributed by atoms with Crippen molar-refractivity contribution in [2.45, 2.75) is 6.92 Å². The van der Waals surface area contributed by atoms with Gasteiger partial charge in [0.05, 0.1) is 0 Å². The lowest BCUT2D eigenvalue weighted by Crippen LogP contribution is -2.12. The molecule has 2 aromatic rings. The lowest BCUT2D eigenvalue weighted by molar-refractivity contribution is 0.102. The maximum atomic E-state index is 12.0. The van der Waals surface area contributed by atoms with Crippen LogP contribution in [-0.4, -0.2) is 5.91 Å². The topological polar surface area (TPSA) is 55.1 Å². The van der Waals surface area contributed by atoms with Crippen molar-refractivity contribution >= 4 is 33.2 Å². The zero-order chi connectivity index (χ0) is 13.1. The zero-order valence-electron chi connectivity index (χ0n) is 9.91. The van der Waals surface area contributed by atoms with Crippen LogP contribution in [0.5, 0.6) is 0 Å². The van der Waals surface area contributed by atoms with E-state index in [-0.39, 0.29) is 5.91 Å². The third-order valence-corrected chi connectivity index (χ3v) is 3.13. The Kier molecular flexibility index (Phi) is 3.67. The zero-order valence-corrected chi connectivity index (χ0v) is 11.5. The number of carbonyl (C=O) groups is 1. The Hall–Kier alpha value is -1.81. The first-order valence-electron chi connectivity index (χ1n) is 5.49. The average Bonchev–Trinajstić information content (AvgIpc) is 2.33. The average molecular weight is 305 g/mol. The summed E-state index contributed by atoms with van der Waals surface area (Å²) in [6, 6.07) is 12.6. The molecule has 0 heterocycles. The van der Waals surface area contributed by atoms with Gasteiger partial charge in [-0.1, -0.05) is 15.9 Å². The van der Waals surface area contributed by atoms with Crippen molar-refractivity contribution < 1.29 is 4.79 Å². The van der Waals surface area contributed by atoms with E-state index in [2.05, 4.69) is 21.2 Å². The molecule has 0 aliphatic heterocycles. The molecule has 4 heteroatoms. The van der Waals surface area contributed by atoms with Crippen LogP contribution >= 0.6 is 15.9 Å². The molecule has 0 aliphatic rings. The fourth-order valence-electron chi connectivity index (χ4n) is 1.62. The van der Waals surface area contributed by atoms with Crippen LogP contribution < -0.4 is 11.1 Å². The molecule has 0 aromatic heterocycles. The number of carbonyl (C=O) groups excluding carboxylic acids is 1. The van der Waals surface area contributed by atoms with Crippen LogP contribution in [0.15, 0.2) is 46.9 Å². The second kappa shape index (κ2) is 5.23. The predicted molar refractivity (Wildman–Crippen MR) is 77.7 cm³/mol. The Morgan fingerprint density at radius 2 is 1.83 bits per heavy atom. The molecule has 0 aliphatic carbocycles. The van der Waals surface area contributed by atoms with E-state index in [0.717, 1.165) is 15.7 Å². The highest BCUT2D eigenvalue weighted by molar-refractivity contribution is 9.10. The van der Waals surface area contributed by atoms with Gasteiger partial charge in [-0.25, -0.2) is 0 Å². The molecule has 0 bridgehead atoms. The third-order valence-electron chi connectivity index (χ3n) is 2.61. The molecular formula is C14H13BrN2O. The second-order valence-electron chi connectivity index (χ2n) is 4.04. The van der Waals surface area contributed by atoms with Gasteiger partial charge in [-0.05, 0) is 55.0 Å². The van der Waals surface area contributed by atoms with Crippen molar-refractivity contribution in [1.82, 2.24) is 0 Å². The summed E-state index contributed by atoms with van der Waals surface area (Å²) < 4.78 is 0.947. The number of hydrogen-bond donors (Lipinski definition) is 2. The number of nitrogens with two attached hydrogens (primary N) is 1. The highest BCUT2D eigenvalue weighted by atomic mass is 79.9. The molecule has 0 radical (unpaired) electrons. The van der Waals surface area contributed by atoms with Gasteiger partial charge in [0, 0.05) is 21.4 Å². The van der Waals surface area contributed by atoms with Gasteiger partial charge in [0.15, 0.2) is 0 Å². The van der Waals surface area contributed by atoms with Crippen LogP contribution in [0.2, 0.25) is 0 Å². The molecule has 18 heavy (non-hydrogen) atoms. The molecule has 92 valence electrons. The Bertz CT molecular complexity index is 579. The molecule has 0 saturated heterocycles. The normalized spacial score (nSPS) is 10.1. The van der Waals surface area contributed by atoms with E-state index in [1.807, 2.05) is 25.1 Å². The Labute approximate surface area is 114 Å². The molecule has 0 spiro atoms. The molecule has 2 rings (SSSR count). The van der Waals surface area contributed by atoms with Gasteiger partial charge in [-0.3, -0.25) is 4.79 Å². The van der Waals surface area contributed by atoms with Crippen LogP contribution in [0, 0.1) is 6.92 Å². The van der Waals surface area contributed by atoms with E-state index < -0.39 is 0 Å². The van der Waals surface area contributed by atoms with Crippen LogP contribution in [0.4, 0.5) is 11.4 Å². The first-order valence-corrected chi connectivity index (χ1v) is 6.28. The smallest absolute Gasteiger partial charge is 0.255 e. The number of amides is 1. The van der Waals surface area contributed by atoms with Crippen molar-refractivity contribution in [2.75, 3.05) is 11.1 Å². The van der Waals surface area contributed by atoms with Gasteiger partial charge in [0.1, 0.15) is 0 Å². The molecule has 0 fully saturated rings. The van der Waals surface area contributed by atoms with E-state index in [4.69, 9.17) is 5.73 Å². The second-order valence-corrected chi connectivity index (χ2v) is 4.95. The summed E-state index contributed by atoms with van der Waals surface area (Å²) in [5.74, 6) is -0.129. The van der Waals surface area contributed by atoms with E-state index in [1.165, 1.54) is 0 Å². The molecular weight excluding hydrogens is 292 g/mol. The molecule has 0 unspecified atom stereocenters. The minimum Gasteiger partial charge on any atom is -0.399 e. The Morgan fingerprint density at radius 1 is 1.17 bits per heavy atom. The highest BCUT2D eigenvalue weighted by Gasteiger charge is 2.07. The maximum absolute atomic E-state index is 12.0. The molecule has 3 N–H and O–H groups in total. The van der Waals surface area contributed by atoms with Gasteiger partial charge in [0.2, 0.25) is 0 Å². The molecule has 1 amide bonds. The first kappa shape index (κ1) is 12.6. The lowest BCUT2D eigenvalue weighted by Gasteiger charge is -2.09. The summed E-state index contributed by atoms with van der Waals surface area (Å²) in [5.41, 5.74) is 8.70. The highest BCUT2D eigenvalue weighted by Crippen LogP contribution is 2.19. The minimum atomic E-state index is -0.129. The molecule has 2 aromatic carbocycles. The van der Waals surface area contributed by atoms with Gasteiger partial charge < -0.3 is 11.1 Å². The molecule has 0 atom stereocenters. The van der Waals surface area contributed by atoms with Crippen molar-refractivity contribution in [2.24, 2.45) is 0 Å². The van der Waals surface area contributed by atoms with Crippen LogP contribution in [-0.2, 0) is 0 Å². The summed E-state index contributed by atoms with van der Waals surface area (Å²) in [7, 11) is 0. The van der Waals surface area contributed by atoms with Crippen LogP contribution in [0.3, 0.4) is 0 Å². The Balaban J connectivity index is 2.18. The van der Waals surface area contributed by atoms with Gasteiger partial charge >= 0.3 is 0 Å². The maximum Gasteiger partial charge on any atom is 0.255 e. The number of hydrogen-bond acceptors (Lipinski definition) is 2. The van der Waals surface area contributed by atoms with E-state index in [9.17, 15) is 4.79 Å². The van der Waals surface area contributed by atoms with E-state index in [0.29, 0.717) is 11.3 Å². The quantitative estimate of drug-likeness (QED) is 0.833. The van der Waals surface area contributed by atoms with Crippen molar-refractivity contribution in [3.63, 3.8) is 0 Å². The summed E-state index contributed by atoms with van der Waals surface area (Å²) >= 11 is 3.34. The van der Waals surface area contributed by atoms with Crippen molar-refractivity contribution in [3.8, 4) is 0 Å². The minimum absolute atomic E-state index is 0.129. The van der Waals surface area contributed by atoms with Crippen LogP contribution in [0.1, 0.15) is 15.9 Å². The monoisotopic (exact) mass is 304 g/mol. The number of nitrogen functional groups attached to an aromatic ring is 1. The fraction of sp³-hybridized carbons (Fsp3) is 0.0714. The van der Waals surface area contributed by atoms with Gasteiger partial charge in [-0.15, -0.1) is 0 Å². The fourth-order valence-corrected chi connectivity index (χ4v) is 1.89. The summed E-state index contributed by atoms with van der Waals surface area (Å²) in [5, 5.41) is 2.86. The predicted octanol–water partition coefficient (Wildman–Crippen LogP) is 3.59. The van der Waals surface area contributed by atoms with Gasteiger partial charge in [0.25, 0.3) is 5.91 Å². The first-order chi connectivity index (χ1) is 8.56. The number of aryl methyl sites for hydroxylation is 1. The number of rotatable bonds is 2. The van der Waals surface area contributed by atoms with Crippen molar-refractivity contribution in [1.29, 1.82) is 0 Å². The number of anilines is 2. The summed E-state index contributed by atoms with van der Waals surface area (Å²) in [6.07, 6.45) is 0. The largest absolute Gasteiger partial charge is 0.399 e. The molecule has 3 nitrogen and oxygen atoms in total.